The van der Waals surface area contributed by atoms with Gasteiger partial charge < -0.3 is 4.90 Å². The number of carbonyl (C=O) groups is 1. The summed E-state index contributed by atoms with van der Waals surface area (Å²) in [5.41, 5.74) is -0.0389. The van der Waals surface area contributed by atoms with Crippen molar-refractivity contribution in [1.82, 2.24) is 14.8 Å². The molecule has 0 radical (unpaired) electrons. The molecule has 4 rings (SSSR count). The molecule has 0 N–H and O–H groups in total. The van der Waals surface area contributed by atoms with Gasteiger partial charge in [0.15, 0.2) is 0 Å². The van der Waals surface area contributed by atoms with Crippen molar-refractivity contribution in [2.75, 3.05) is 26.2 Å². The fourth-order valence-electron chi connectivity index (χ4n) is 4.63. The number of carbonyl (C=O) groups excluding carboxylic acids is 1. The lowest BCUT2D eigenvalue weighted by Gasteiger charge is -2.41. The Hall–Kier alpha value is -3.84. The molecule has 4 nitrogen and oxygen atoms in total. The first-order valence-electron chi connectivity index (χ1n) is 12.6. The number of piperazine rings is 1. The highest BCUT2D eigenvalue weighted by Gasteiger charge is 2.39. The zero-order valence-corrected chi connectivity index (χ0v) is 21.9. The van der Waals surface area contributed by atoms with Crippen LogP contribution in [0.2, 0.25) is 0 Å². The van der Waals surface area contributed by atoms with E-state index in [-0.39, 0.29) is 12.6 Å². The maximum absolute atomic E-state index is 13.5. The van der Waals surface area contributed by atoms with Gasteiger partial charge in [0.05, 0.1) is 17.7 Å². The quantitative estimate of drug-likeness (QED) is 0.284. The molecule has 2 heterocycles. The zero-order valence-electron chi connectivity index (χ0n) is 21.9. The Balaban J connectivity index is 1.63. The van der Waals surface area contributed by atoms with Gasteiger partial charge in [-0.2, -0.15) is 26.3 Å². The molecule has 1 aliphatic heterocycles. The first-order chi connectivity index (χ1) is 18.8. The summed E-state index contributed by atoms with van der Waals surface area (Å²) in [5, 5.41) is 0. The Labute approximate surface area is 228 Å². The fourth-order valence-corrected chi connectivity index (χ4v) is 4.63. The normalized spacial score (nSPS) is 16.4. The van der Waals surface area contributed by atoms with Crippen LogP contribution in [0, 0.1) is 25.7 Å². The molecule has 210 valence electrons. The smallest absolute Gasteiger partial charge is 0.333 e. The monoisotopic (exact) mass is 559 g/mol. The minimum Gasteiger partial charge on any atom is -0.333 e. The topological polar surface area (TPSA) is 36.4 Å². The van der Waals surface area contributed by atoms with Crippen LogP contribution < -0.4 is 0 Å². The molecule has 10 heteroatoms. The molecule has 0 bridgehead atoms. The highest BCUT2D eigenvalue weighted by Crippen LogP contribution is 2.37. The average Bonchev–Trinajstić information content (AvgIpc) is 2.90. The Bertz CT molecular complexity index is 1390. The average molecular weight is 560 g/mol. The minimum atomic E-state index is -5.04. The molecule has 1 aromatic heterocycles. The van der Waals surface area contributed by atoms with Crippen LogP contribution in [0.5, 0.6) is 0 Å². The van der Waals surface area contributed by atoms with E-state index >= 15 is 0 Å². The summed E-state index contributed by atoms with van der Waals surface area (Å²) in [6, 6.07) is 11.7. The highest BCUT2D eigenvalue weighted by atomic mass is 19.4. The van der Waals surface area contributed by atoms with E-state index in [0.717, 1.165) is 16.7 Å². The van der Waals surface area contributed by atoms with Gasteiger partial charge in [-0.25, -0.2) is 4.98 Å². The van der Waals surface area contributed by atoms with Crippen LogP contribution >= 0.6 is 0 Å². The highest BCUT2D eigenvalue weighted by molar-refractivity contribution is 5.95. The van der Waals surface area contributed by atoms with E-state index in [0.29, 0.717) is 43.9 Å². The molecule has 40 heavy (non-hydrogen) atoms. The van der Waals surface area contributed by atoms with Crippen molar-refractivity contribution in [3.05, 3.63) is 99.9 Å². The van der Waals surface area contributed by atoms with E-state index in [9.17, 15) is 31.1 Å². The summed E-state index contributed by atoms with van der Waals surface area (Å²) in [7, 11) is 0. The number of pyridine rings is 1. The number of benzene rings is 2. The standard InChI is InChI=1S/C30H27F6N3O/c1-20-8-9-22(14-21(20)2)15-27-19-38(11-5-7-26-6-3-4-10-37-26)12-13-39(27)28(40)23-16-24(29(31,32)33)18-25(17-23)30(34,35)36/h3-4,6,8-10,14,16-18,27H,11-13,15,19H2,1-2H3/t27-/m1/s1. The van der Waals surface area contributed by atoms with E-state index in [4.69, 9.17) is 0 Å². The molecular formula is C30H27F6N3O. The molecule has 1 saturated heterocycles. The molecular weight excluding hydrogens is 532 g/mol. The van der Waals surface area contributed by atoms with Crippen LogP contribution in [0.1, 0.15) is 43.9 Å². The van der Waals surface area contributed by atoms with Gasteiger partial charge in [0.2, 0.25) is 0 Å². The minimum absolute atomic E-state index is 0.0293. The first kappa shape index (κ1) is 29.2. The molecule has 1 atom stereocenters. The van der Waals surface area contributed by atoms with E-state index in [1.165, 1.54) is 4.90 Å². The number of alkyl halides is 6. The van der Waals surface area contributed by atoms with Crippen molar-refractivity contribution in [1.29, 1.82) is 0 Å². The number of nitrogens with zero attached hydrogens (tertiary/aromatic N) is 3. The Morgan fingerprint density at radius 3 is 2.23 bits per heavy atom. The number of hydrogen-bond acceptors (Lipinski definition) is 3. The maximum atomic E-state index is 13.5. The van der Waals surface area contributed by atoms with Gasteiger partial charge in [-0.05, 0) is 73.2 Å². The van der Waals surface area contributed by atoms with Gasteiger partial charge in [0.25, 0.3) is 5.91 Å². The van der Waals surface area contributed by atoms with Crippen molar-refractivity contribution >= 4 is 5.91 Å². The lowest BCUT2D eigenvalue weighted by atomic mass is 9.97. The second kappa shape index (κ2) is 11.7. The van der Waals surface area contributed by atoms with E-state index < -0.39 is 41.0 Å². The Morgan fingerprint density at radius 2 is 1.62 bits per heavy atom. The van der Waals surface area contributed by atoms with Gasteiger partial charge in [-0.3, -0.25) is 9.69 Å². The van der Waals surface area contributed by atoms with E-state index in [2.05, 4.69) is 16.8 Å². The predicted octanol–water partition coefficient (Wildman–Crippen LogP) is 6.16. The number of rotatable bonds is 4. The molecule has 1 fully saturated rings. The second-order valence-electron chi connectivity index (χ2n) is 9.82. The third-order valence-corrected chi connectivity index (χ3v) is 6.89. The predicted molar refractivity (Wildman–Crippen MR) is 138 cm³/mol. The molecule has 0 aliphatic carbocycles. The van der Waals surface area contributed by atoms with Gasteiger partial charge in [-0.1, -0.05) is 30.2 Å². The van der Waals surface area contributed by atoms with Crippen LogP contribution in [0.25, 0.3) is 0 Å². The van der Waals surface area contributed by atoms with Gasteiger partial charge in [0, 0.05) is 37.4 Å². The number of amides is 1. The summed E-state index contributed by atoms with van der Waals surface area (Å²) in [6.45, 7) is 5.10. The van der Waals surface area contributed by atoms with E-state index in [1.807, 2.05) is 43.0 Å². The summed E-state index contributed by atoms with van der Waals surface area (Å²) < 4.78 is 80.7. The molecule has 0 spiro atoms. The van der Waals surface area contributed by atoms with Crippen molar-refractivity contribution in [2.24, 2.45) is 0 Å². The lowest BCUT2D eigenvalue weighted by molar-refractivity contribution is -0.143. The molecule has 3 aromatic rings. The van der Waals surface area contributed by atoms with Crippen LogP contribution in [0.15, 0.2) is 60.8 Å². The van der Waals surface area contributed by atoms with Crippen molar-refractivity contribution < 1.29 is 31.1 Å². The van der Waals surface area contributed by atoms with Crippen molar-refractivity contribution in [3.63, 3.8) is 0 Å². The molecule has 1 aliphatic rings. The van der Waals surface area contributed by atoms with Crippen molar-refractivity contribution in [3.8, 4) is 11.8 Å². The Morgan fingerprint density at radius 1 is 0.925 bits per heavy atom. The summed E-state index contributed by atoms with van der Waals surface area (Å²) in [4.78, 5) is 21.1. The molecule has 0 saturated carbocycles. The first-order valence-corrected chi connectivity index (χ1v) is 12.6. The van der Waals surface area contributed by atoms with Crippen molar-refractivity contribution in [2.45, 2.75) is 38.7 Å². The summed E-state index contributed by atoms with van der Waals surface area (Å²) >= 11 is 0. The van der Waals surface area contributed by atoms with Gasteiger partial charge >= 0.3 is 12.4 Å². The second-order valence-corrected chi connectivity index (χ2v) is 9.82. The van der Waals surface area contributed by atoms with Crippen LogP contribution in [0.4, 0.5) is 26.3 Å². The lowest BCUT2D eigenvalue weighted by Crippen LogP contribution is -2.56. The third-order valence-electron chi connectivity index (χ3n) is 6.89. The molecule has 2 aromatic carbocycles. The number of aromatic nitrogens is 1. The summed E-state index contributed by atoms with van der Waals surface area (Å²) in [6.07, 6.45) is -8.08. The Kier molecular flexibility index (Phi) is 8.54. The van der Waals surface area contributed by atoms with Crippen LogP contribution in [0.3, 0.4) is 0 Å². The zero-order chi connectivity index (χ0) is 29.1. The maximum Gasteiger partial charge on any atom is 0.416 e. The molecule has 1 amide bonds. The van der Waals surface area contributed by atoms with Crippen LogP contribution in [-0.2, 0) is 18.8 Å². The van der Waals surface area contributed by atoms with Gasteiger partial charge in [0.1, 0.15) is 5.69 Å². The third kappa shape index (κ3) is 7.21. The SMILES string of the molecule is Cc1ccc(C[C@@H]2CN(CC#Cc3ccccn3)CCN2C(=O)c2cc(C(F)(F)F)cc(C(F)(F)F)c2)cc1C. The number of aryl methyl sites for hydroxylation is 2. The van der Waals surface area contributed by atoms with Gasteiger partial charge in [-0.15, -0.1) is 0 Å². The molecule has 0 unspecified atom stereocenters. The summed E-state index contributed by atoms with van der Waals surface area (Å²) in [5.74, 6) is 5.16. The number of hydrogen-bond donors (Lipinski definition) is 0. The fraction of sp³-hybridized carbons (Fsp3) is 0.333. The van der Waals surface area contributed by atoms with Crippen LogP contribution in [-0.4, -0.2) is 52.9 Å². The number of halogens is 6. The largest absolute Gasteiger partial charge is 0.416 e. The van der Waals surface area contributed by atoms with E-state index in [1.54, 1.807) is 18.3 Å².